The molecule has 4 nitrogen and oxygen atoms in total. The van der Waals surface area contributed by atoms with Gasteiger partial charge in [-0.1, -0.05) is 6.92 Å². The van der Waals surface area contributed by atoms with E-state index in [-0.39, 0.29) is 0 Å². The largest absolute Gasteiger partial charge is 0.383 e. The first-order chi connectivity index (χ1) is 8.13. The Labute approximate surface area is 108 Å². The smallest absolute Gasteiger partial charge is 0.162 e. The SMILES string of the molecule is CCc1nc(-c2ccncc2C)nc(N)c1Br. The van der Waals surface area contributed by atoms with Crippen LogP contribution in [0.3, 0.4) is 0 Å². The van der Waals surface area contributed by atoms with Crippen LogP contribution in [0.2, 0.25) is 0 Å². The fraction of sp³-hybridized carbons (Fsp3) is 0.250. The van der Waals surface area contributed by atoms with Gasteiger partial charge in [-0.05, 0) is 40.9 Å². The third-order valence-electron chi connectivity index (χ3n) is 2.54. The van der Waals surface area contributed by atoms with E-state index in [2.05, 4.69) is 30.9 Å². The lowest BCUT2D eigenvalue weighted by Gasteiger charge is -2.08. The first-order valence-corrected chi connectivity index (χ1v) is 6.15. The molecule has 17 heavy (non-hydrogen) atoms. The third kappa shape index (κ3) is 2.29. The Morgan fingerprint density at radius 3 is 2.76 bits per heavy atom. The van der Waals surface area contributed by atoms with Gasteiger partial charge in [0.1, 0.15) is 5.82 Å². The van der Waals surface area contributed by atoms with Crippen molar-refractivity contribution in [3.05, 3.63) is 34.2 Å². The summed E-state index contributed by atoms with van der Waals surface area (Å²) in [5.74, 6) is 1.13. The van der Waals surface area contributed by atoms with E-state index in [0.717, 1.165) is 27.7 Å². The van der Waals surface area contributed by atoms with Crippen LogP contribution in [0.4, 0.5) is 5.82 Å². The number of aryl methyl sites for hydroxylation is 2. The zero-order valence-corrected chi connectivity index (χ0v) is 11.3. The van der Waals surface area contributed by atoms with Gasteiger partial charge in [0, 0.05) is 18.0 Å². The summed E-state index contributed by atoms with van der Waals surface area (Å²) in [6.45, 7) is 4.02. The second kappa shape index (κ2) is 4.79. The highest BCUT2D eigenvalue weighted by atomic mass is 79.9. The molecule has 0 amide bonds. The average molecular weight is 293 g/mol. The van der Waals surface area contributed by atoms with Gasteiger partial charge in [0.15, 0.2) is 5.82 Å². The predicted molar refractivity (Wildman–Crippen MR) is 71.5 cm³/mol. The third-order valence-corrected chi connectivity index (χ3v) is 3.41. The van der Waals surface area contributed by atoms with E-state index in [0.29, 0.717) is 11.6 Å². The van der Waals surface area contributed by atoms with Crippen LogP contribution in [0.5, 0.6) is 0 Å². The molecule has 0 saturated heterocycles. The van der Waals surface area contributed by atoms with Crippen molar-refractivity contribution < 1.29 is 0 Å². The summed E-state index contributed by atoms with van der Waals surface area (Å²) < 4.78 is 0.787. The van der Waals surface area contributed by atoms with Crippen LogP contribution in [0.1, 0.15) is 18.2 Å². The van der Waals surface area contributed by atoms with Crippen molar-refractivity contribution in [1.82, 2.24) is 15.0 Å². The Hall–Kier alpha value is -1.49. The highest BCUT2D eigenvalue weighted by Crippen LogP contribution is 2.26. The molecule has 0 bridgehead atoms. The number of pyridine rings is 1. The molecular weight excluding hydrogens is 280 g/mol. The minimum atomic E-state index is 0.475. The van der Waals surface area contributed by atoms with Gasteiger partial charge < -0.3 is 5.73 Å². The van der Waals surface area contributed by atoms with Crippen LogP contribution >= 0.6 is 15.9 Å². The Balaban J connectivity index is 2.61. The van der Waals surface area contributed by atoms with Gasteiger partial charge in [0.2, 0.25) is 0 Å². The lowest BCUT2D eigenvalue weighted by Crippen LogP contribution is -2.03. The second-order valence-electron chi connectivity index (χ2n) is 3.74. The molecule has 0 aliphatic heterocycles. The number of aromatic nitrogens is 3. The van der Waals surface area contributed by atoms with Gasteiger partial charge in [-0.3, -0.25) is 4.98 Å². The first kappa shape index (κ1) is 12.0. The number of anilines is 1. The van der Waals surface area contributed by atoms with Crippen molar-refractivity contribution in [2.75, 3.05) is 5.73 Å². The van der Waals surface area contributed by atoms with Crippen LogP contribution in [-0.4, -0.2) is 15.0 Å². The van der Waals surface area contributed by atoms with E-state index in [4.69, 9.17) is 5.73 Å². The number of hydrogen-bond acceptors (Lipinski definition) is 4. The van der Waals surface area contributed by atoms with E-state index in [9.17, 15) is 0 Å². The van der Waals surface area contributed by atoms with Crippen LogP contribution < -0.4 is 5.73 Å². The molecule has 0 spiro atoms. The number of hydrogen-bond donors (Lipinski definition) is 1. The highest BCUT2D eigenvalue weighted by molar-refractivity contribution is 9.10. The van der Waals surface area contributed by atoms with Gasteiger partial charge in [-0.25, -0.2) is 9.97 Å². The average Bonchev–Trinajstić information content (AvgIpc) is 2.33. The normalized spacial score (nSPS) is 10.5. The number of nitrogens with zero attached hydrogens (tertiary/aromatic N) is 3. The molecule has 2 aromatic heterocycles. The van der Waals surface area contributed by atoms with Gasteiger partial charge in [-0.2, -0.15) is 0 Å². The Bertz CT molecular complexity index is 554. The summed E-state index contributed by atoms with van der Waals surface area (Å²) in [4.78, 5) is 12.9. The molecule has 0 atom stereocenters. The minimum Gasteiger partial charge on any atom is -0.383 e. The standard InChI is InChI=1S/C12H13BrN4/c1-3-9-10(13)11(14)17-12(16-9)8-4-5-15-6-7(8)2/h4-6H,3H2,1-2H3,(H2,14,16,17). The van der Waals surface area contributed by atoms with Crippen LogP contribution in [0.15, 0.2) is 22.9 Å². The van der Waals surface area contributed by atoms with E-state index >= 15 is 0 Å². The zero-order valence-electron chi connectivity index (χ0n) is 9.74. The maximum absolute atomic E-state index is 5.87. The molecule has 5 heteroatoms. The van der Waals surface area contributed by atoms with Gasteiger partial charge in [-0.15, -0.1) is 0 Å². The molecule has 2 N–H and O–H groups in total. The van der Waals surface area contributed by atoms with Crippen LogP contribution in [-0.2, 0) is 6.42 Å². The second-order valence-corrected chi connectivity index (χ2v) is 4.53. The monoisotopic (exact) mass is 292 g/mol. The summed E-state index contributed by atoms with van der Waals surface area (Å²) >= 11 is 3.40. The number of halogens is 1. The lowest BCUT2D eigenvalue weighted by molar-refractivity contribution is 0.993. The van der Waals surface area contributed by atoms with Gasteiger partial charge >= 0.3 is 0 Å². The molecule has 0 radical (unpaired) electrons. The van der Waals surface area contributed by atoms with E-state index < -0.39 is 0 Å². The molecule has 0 aliphatic carbocycles. The fourth-order valence-electron chi connectivity index (χ4n) is 1.59. The van der Waals surface area contributed by atoms with Crippen molar-refractivity contribution in [3.8, 4) is 11.4 Å². The maximum atomic E-state index is 5.87. The van der Waals surface area contributed by atoms with Crippen molar-refractivity contribution in [3.63, 3.8) is 0 Å². The molecule has 0 unspecified atom stereocenters. The minimum absolute atomic E-state index is 0.475. The van der Waals surface area contributed by atoms with Crippen LogP contribution in [0.25, 0.3) is 11.4 Å². The Kier molecular flexibility index (Phi) is 3.38. The molecule has 0 aliphatic rings. The summed E-state index contributed by atoms with van der Waals surface area (Å²) in [5.41, 5.74) is 8.80. The lowest BCUT2D eigenvalue weighted by atomic mass is 10.1. The summed E-state index contributed by atoms with van der Waals surface area (Å²) in [6, 6.07) is 1.90. The summed E-state index contributed by atoms with van der Waals surface area (Å²) in [6.07, 6.45) is 4.34. The van der Waals surface area contributed by atoms with Gasteiger partial charge in [0.25, 0.3) is 0 Å². The Morgan fingerprint density at radius 1 is 1.35 bits per heavy atom. The number of nitrogen functional groups attached to an aromatic ring is 1. The fourth-order valence-corrected chi connectivity index (χ4v) is 2.05. The number of nitrogens with two attached hydrogens (primary N) is 1. The quantitative estimate of drug-likeness (QED) is 0.924. The van der Waals surface area contributed by atoms with Crippen molar-refractivity contribution in [2.45, 2.75) is 20.3 Å². The molecular formula is C12H13BrN4. The molecule has 2 heterocycles. The molecule has 0 fully saturated rings. The van der Waals surface area contributed by atoms with Crippen molar-refractivity contribution >= 4 is 21.7 Å². The molecule has 88 valence electrons. The van der Waals surface area contributed by atoms with E-state index in [1.54, 1.807) is 12.4 Å². The van der Waals surface area contributed by atoms with E-state index in [1.165, 1.54) is 0 Å². The predicted octanol–water partition coefficient (Wildman–Crippen LogP) is 2.75. The highest BCUT2D eigenvalue weighted by Gasteiger charge is 2.11. The van der Waals surface area contributed by atoms with E-state index in [1.807, 2.05) is 19.9 Å². The van der Waals surface area contributed by atoms with Gasteiger partial charge in [0.05, 0.1) is 10.2 Å². The maximum Gasteiger partial charge on any atom is 0.162 e. The molecule has 2 aromatic rings. The summed E-state index contributed by atoms with van der Waals surface area (Å²) in [7, 11) is 0. The number of rotatable bonds is 2. The zero-order chi connectivity index (χ0) is 12.4. The molecule has 0 aromatic carbocycles. The topological polar surface area (TPSA) is 64.7 Å². The Morgan fingerprint density at radius 2 is 2.12 bits per heavy atom. The van der Waals surface area contributed by atoms with Crippen molar-refractivity contribution in [2.24, 2.45) is 0 Å². The van der Waals surface area contributed by atoms with Crippen LogP contribution in [0, 0.1) is 6.92 Å². The first-order valence-electron chi connectivity index (χ1n) is 5.36. The van der Waals surface area contributed by atoms with Crippen molar-refractivity contribution in [1.29, 1.82) is 0 Å². The molecule has 0 saturated carbocycles. The molecule has 2 rings (SSSR count). The summed E-state index contributed by atoms with van der Waals surface area (Å²) in [5, 5.41) is 0.